The van der Waals surface area contributed by atoms with Crippen molar-refractivity contribution in [2.24, 2.45) is 0 Å². The van der Waals surface area contributed by atoms with Gasteiger partial charge in [0, 0.05) is 49.5 Å². The molecule has 1 saturated heterocycles. The van der Waals surface area contributed by atoms with Crippen molar-refractivity contribution in [3.63, 3.8) is 0 Å². The first-order valence-electron chi connectivity index (χ1n) is 10.5. The number of hydrogen-bond acceptors (Lipinski definition) is 8. The summed E-state index contributed by atoms with van der Waals surface area (Å²) in [7, 11) is 1.65. The van der Waals surface area contributed by atoms with Crippen LogP contribution in [0.15, 0.2) is 46.5 Å². The Hall–Kier alpha value is -3.02. The van der Waals surface area contributed by atoms with Crippen LogP contribution in [0, 0.1) is 0 Å². The van der Waals surface area contributed by atoms with E-state index < -0.39 is 0 Å². The van der Waals surface area contributed by atoms with Crippen LogP contribution in [0.3, 0.4) is 0 Å². The van der Waals surface area contributed by atoms with Crippen LogP contribution in [0.25, 0.3) is 22.6 Å². The minimum atomic E-state index is -0.0395. The molecule has 0 bridgehead atoms. The van der Waals surface area contributed by atoms with Gasteiger partial charge in [-0.2, -0.15) is 0 Å². The van der Waals surface area contributed by atoms with Crippen molar-refractivity contribution < 1.29 is 9.53 Å². The number of amides is 1. The van der Waals surface area contributed by atoms with Crippen LogP contribution in [0.4, 0.5) is 10.8 Å². The van der Waals surface area contributed by atoms with Crippen molar-refractivity contribution in [3.05, 3.63) is 46.5 Å². The van der Waals surface area contributed by atoms with Crippen LogP contribution in [-0.2, 0) is 4.79 Å². The third-order valence-corrected chi connectivity index (χ3v) is 6.79. The average molecular weight is 528 g/mol. The number of halogens is 1. The molecule has 1 aliphatic rings. The number of rotatable bonds is 6. The summed E-state index contributed by atoms with van der Waals surface area (Å²) in [6.45, 7) is 3.48. The standard InChI is InChI=1S/C22H22BrN7O2S/c1-32-15-4-2-3-14(11-15)20-27-18-19(16(23)12-25-21(18)28-20)30-8-6-29(7-9-30)13-17(31)26-22-24-5-10-33-22/h2-5,10-12H,6-9,13H2,1H3,(H,24,26,31)(H,25,27,28). The summed E-state index contributed by atoms with van der Waals surface area (Å²) in [4.78, 5) is 33.5. The Labute approximate surface area is 202 Å². The quantitative estimate of drug-likeness (QED) is 0.395. The summed E-state index contributed by atoms with van der Waals surface area (Å²) in [6, 6.07) is 7.78. The second-order valence-electron chi connectivity index (χ2n) is 7.62. The van der Waals surface area contributed by atoms with Crippen molar-refractivity contribution in [1.29, 1.82) is 0 Å². The van der Waals surface area contributed by atoms with E-state index >= 15 is 0 Å². The van der Waals surface area contributed by atoms with Gasteiger partial charge in [-0.15, -0.1) is 11.3 Å². The Morgan fingerprint density at radius 2 is 2.12 bits per heavy atom. The summed E-state index contributed by atoms with van der Waals surface area (Å²) < 4.78 is 6.25. The topological polar surface area (TPSA) is 99.3 Å². The number of anilines is 2. The highest BCUT2D eigenvalue weighted by Gasteiger charge is 2.24. The Kier molecular flexibility index (Phi) is 6.25. The smallest absolute Gasteiger partial charge is 0.240 e. The average Bonchev–Trinajstić information content (AvgIpc) is 3.50. The highest BCUT2D eigenvalue weighted by Crippen LogP contribution is 2.34. The number of benzene rings is 1. The number of nitrogens with zero attached hydrogens (tertiary/aromatic N) is 5. The van der Waals surface area contributed by atoms with Crippen LogP contribution < -0.4 is 15.0 Å². The molecular weight excluding hydrogens is 506 g/mol. The van der Waals surface area contributed by atoms with Crippen molar-refractivity contribution in [2.75, 3.05) is 50.1 Å². The van der Waals surface area contributed by atoms with Crippen molar-refractivity contribution in [1.82, 2.24) is 24.8 Å². The Balaban J connectivity index is 1.32. The maximum absolute atomic E-state index is 12.3. The number of fused-ring (bicyclic) bond motifs is 1. The molecule has 5 rings (SSSR count). The molecule has 0 spiro atoms. The van der Waals surface area contributed by atoms with E-state index in [1.54, 1.807) is 19.5 Å². The van der Waals surface area contributed by atoms with Crippen molar-refractivity contribution in [3.8, 4) is 17.1 Å². The van der Waals surface area contributed by atoms with Gasteiger partial charge in [0.25, 0.3) is 0 Å². The Morgan fingerprint density at radius 1 is 1.27 bits per heavy atom. The van der Waals surface area contributed by atoms with E-state index in [2.05, 4.69) is 46.0 Å². The molecule has 0 atom stereocenters. The summed E-state index contributed by atoms with van der Waals surface area (Å²) in [6.07, 6.45) is 3.48. The number of carbonyl (C=O) groups is 1. The SMILES string of the molecule is COc1cccc(-c2nc3ncc(Br)c(N4CCN(CC(=O)Nc5nccs5)CC4)c3[nH]2)c1. The minimum Gasteiger partial charge on any atom is -0.497 e. The molecule has 170 valence electrons. The maximum Gasteiger partial charge on any atom is 0.240 e. The first-order valence-corrected chi connectivity index (χ1v) is 12.1. The van der Waals surface area contributed by atoms with Gasteiger partial charge in [0.15, 0.2) is 10.8 Å². The molecular formula is C22H22BrN7O2S. The number of hydrogen-bond donors (Lipinski definition) is 2. The number of aromatic amines is 1. The molecule has 1 aromatic carbocycles. The zero-order chi connectivity index (χ0) is 22.8. The molecule has 33 heavy (non-hydrogen) atoms. The van der Waals surface area contributed by atoms with Gasteiger partial charge in [-0.25, -0.2) is 15.0 Å². The third-order valence-electron chi connectivity index (χ3n) is 5.53. The molecule has 1 aliphatic heterocycles. The molecule has 4 aromatic rings. The number of methoxy groups -OCH3 is 1. The zero-order valence-electron chi connectivity index (χ0n) is 17.9. The highest BCUT2D eigenvalue weighted by atomic mass is 79.9. The molecule has 3 aromatic heterocycles. The lowest BCUT2D eigenvalue weighted by Crippen LogP contribution is -2.48. The Morgan fingerprint density at radius 3 is 2.88 bits per heavy atom. The first-order chi connectivity index (χ1) is 16.1. The number of thiazole rings is 1. The van der Waals surface area contributed by atoms with Crippen LogP contribution in [0.1, 0.15) is 0 Å². The van der Waals surface area contributed by atoms with Crippen molar-refractivity contribution in [2.45, 2.75) is 0 Å². The van der Waals surface area contributed by atoms with E-state index in [0.717, 1.165) is 59.0 Å². The van der Waals surface area contributed by atoms with E-state index in [-0.39, 0.29) is 5.91 Å². The molecule has 2 N–H and O–H groups in total. The molecule has 0 radical (unpaired) electrons. The fourth-order valence-electron chi connectivity index (χ4n) is 3.91. The molecule has 4 heterocycles. The summed E-state index contributed by atoms with van der Waals surface area (Å²) >= 11 is 5.09. The zero-order valence-corrected chi connectivity index (χ0v) is 20.3. The van der Waals surface area contributed by atoms with Crippen LogP contribution in [0.2, 0.25) is 0 Å². The van der Waals surface area contributed by atoms with E-state index in [1.165, 1.54) is 11.3 Å². The number of imidazole rings is 1. The lowest BCUT2D eigenvalue weighted by atomic mass is 10.2. The molecule has 11 heteroatoms. The predicted molar refractivity (Wildman–Crippen MR) is 133 cm³/mol. The number of ether oxygens (including phenoxy) is 1. The number of H-pyrrole nitrogens is 1. The van der Waals surface area contributed by atoms with Crippen molar-refractivity contribution >= 4 is 55.2 Å². The van der Waals surface area contributed by atoms with Crippen LogP contribution in [0.5, 0.6) is 5.75 Å². The van der Waals surface area contributed by atoms with Gasteiger partial charge >= 0.3 is 0 Å². The van der Waals surface area contributed by atoms with Gasteiger partial charge in [-0.1, -0.05) is 12.1 Å². The number of nitrogens with one attached hydrogen (secondary N) is 2. The predicted octanol–water partition coefficient (Wildman–Crippen LogP) is 3.61. The Bertz CT molecular complexity index is 1270. The van der Waals surface area contributed by atoms with Gasteiger partial charge in [-0.05, 0) is 28.1 Å². The summed E-state index contributed by atoms with van der Waals surface area (Å²) in [5.41, 5.74) is 3.52. The molecule has 1 fully saturated rings. The van der Waals surface area contributed by atoms with Crippen LogP contribution >= 0.6 is 27.3 Å². The molecule has 9 nitrogen and oxygen atoms in total. The fourth-order valence-corrected chi connectivity index (χ4v) is 5.01. The van der Waals surface area contributed by atoms with Gasteiger partial charge in [-0.3, -0.25) is 9.69 Å². The number of aromatic nitrogens is 4. The highest BCUT2D eigenvalue weighted by molar-refractivity contribution is 9.10. The summed E-state index contributed by atoms with van der Waals surface area (Å²) in [5, 5.41) is 5.32. The second-order valence-corrected chi connectivity index (χ2v) is 9.37. The van der Waals surface area contributed by atoms with Gasteiger partial charge < -0.3 is 19.9 Å². The minimum absolute atomic E-state index is 0.0395. The third kappa shape index (κ3) is 4.70. The summed E-state index contributed by atoms with van der Waals surface area (Å²) in [5.74, 6) is 1.48. The second kappa shape index (κ2) is 9.46. The lowest BCUT2D eigenvalue weighted by Gasteiger charge is -2.36. The largest absolute Gasteiger partial charge is 0.497 e. The van der Waals surface area contributed by atoms with E-state index in [1.807, 2.05) is 29.6 Å². The number of piperazine rings is 1. The number of pyridine rings is 1. The van der Waals surface area contributed by atoms with Gasteiger partial charge in [0.05, 0.1) is 23.8 Å². The normalized spacial score (nSPS) is 14.5. The maximum atomic E-state index is 12.3. The van der Waals surface area contributed by atoms with Gasteiger partial charge in [0.2, 0.25) is 5.91 Å². The number of carbonyl (C=O) groups excluding carboxylic acids is 1. The monoisotopic (exact) mass is 527 g/mol. The van der Waals surface area contributed by atoms with E-state index in [4.69, 9.17) is 9.72 Å². The first kappa shape index (κ1) is 21.8. The molecule has 0 saturated carbocycles. The fraction of sp³-hybridized carbons (Fsp3) is 0.273. The van der Waals surface area contributed by atoms with E-state index in [9.17, 15) is 4.79 Å². The lowest BCUT2D eigenvalue weighted by molar-refractivity contribution is -0.117. The van der Waals surface area contributed by atoms with Gasteiger partial charge in [0.1, 0.15) is 17.1 Å². The molecule has 0 unspecified atom stereocenters. The molecule has 0 aliphatic carbocycles. The molecule has 1 amide bonds. The van der Waals surface area contributed by atoms with E-state index in [0.29, 0.717) is 17.3 Å². The van der Waals surface area contributed by atoms with Crippen LogP contribution in [-0.4, -0.2) is 70.6 Å².